The molecule has 1 rings (SSSR count). The fraction of sp³-hybridized carbons (Fsp3) is 0.538. The van der Waals surface area contributed by atoms with E-state index in [1.165, 1.54) is 0 Å². The molecule has 0 aromatic heterocycles. The van der Waals surface area contributed by atoms with Crippen molar-refractivity contribution in [1.82, 2.24) is 0 Å². The van der Waals surface area contributed by atoms with E-state index in [0.29, 0.717) is 0 Å². The maximum Gasteiger partial charge on any atom is 0.0782 e. The van der Waals surface area contributed by atoms with Crippen molar-refractivity contribution in [2.45, 2.75) is 26.4 Å². The number of anilines is 1. The van der Waals surface area contributed by atoms with E-state index in [1.54, 1.807) is 6.92 Å². The zero-order chi connectivity index (χ0) is 12.8. The Labute approximate surface area is 111 Å². The van der Waals surface area contributed by atoms with Crippen LogP contribution in [-0.2, 0) is 0 Å². The number of rotatable bonds is 6. The summed E-state index contributed by atoms with van der Waals surface area (Å²) in [7, 11) is 0. The third-order valence-electron chi connectivity index (χ3n) is 2.75. The minimum absolute atomic E-state index is 0.192. The standard InChI is InChI=1S/C13H20BrNO2/c1-3-15(7-4-8-16)13-6-5-11(14)9-12(13)10(2)17/h5-6,9-10,16-17H,3-4,7-8H2,1-2H3. The molecule has 3 nitrogen and oxygen atoms in total. The molecule has 0 radical (unpaired) electrons. The molecule has 0 aliphatic carbocycles. The molecule has 0 aliphatic rings. The summed E-state index contributed by atoms with van der Waals surface area (Å²) < 4.78 is 0.968. The van der Waals surface area contributed by atoms with Gasteiger partial charge in [0.05, 0.1) is 6.10 Å². The van der Waals surface area contributed by atoms with E-state index in [4.69, 9.17) is 5.11 Å². The van der Waals surface area contributed by atoms with Crippen LogP contribution in [0.1, 0.15) is 31.9 Å². The maximum atomic E-state index is 9.80. The average molecular weight is 302 g/mol. The molecule has 0 spiro atoms. The molecule has 96 valence electrons. The Morgan fingerprint density at radius 1 is 1.41 bits per heavy atom. The minimum atomic E-state index is -0.495. The van der Waals surface area contributed by atoms with Gasteiger partial charge in [-0.15, -0.1) is 0 Å². The molecule has 1 aromatic carbocycles. The summed E-state index contributed by atoms with van der Waals surface area (Å²) in [6.07, 6.45) is 0.244. The quantitative estimate of drug-likeness (QED) is 0.849. The Kier molecular flexibility index (Phi) is 5.95. The highest BCUT2D eigenvalue weighted by molar-refractivity contribution is 9.10. The van der Waals surface area contributed by atoms with E-state index in [-0.39, 0.29) is 6.61 Å². The second-order valence-electron chi connectivity index (χ2n) is 4.04. The fourth-order valence-corrected chi connectivity index (χ4v) is 2.24. The Morgan fingerprint density at radius 2 is 2.12 bits per heavy atom. The summed E-state index contributed by atoms with van der Waals surface area (Å²) >= 11 is 3.42. The van der Waals surface area contributed by atoms with Crippen molar-refractivity contribution in [3.63, 3.8) is 0 Å². The number of hydrogen-bond donors (Lipinski definition) is 2. The molecule has 0 amide bonds. The van der Waals surface area contributed by atoms with Crippen molar-refractivity contribution >= 4 is 21.6 Å². The number of aliphatic hydroxyl groups excluding tert-OH is 2. The first-order valence-corrected chi connectivity index (χ1v) is 6.72. The van der Waals surface area contributed by atoms with Crippen molar-refractivity contribution in [1.29, 1.82) is 0 Å². The van der Waals surface area contributed by atoms with Gasteiger partial charge >= 0.3 is 0 Å². The van der Waals surface area contributed by atoms with Crippen molar-refractivity contribution in [2.75, 3.05) is 24.6 Å². The molecule has 4 heteroatoms. The molecule has 1 atom stereocenters. The zero-order valence-corrected chi connectivity index (χ0v) is 11.9. The first kappa shape index (κ1) is 14.5. The van der Waals surface area contributed by atoms with Crippen LogP contribution >= 0.6 is 15.9 Å². The lowest BCUT2D eigenvalue weighted by Crippen LogP contribution is -2.26. The molecule has 0 fully saturated rings. The lowest BCUT2D eigenvalue weighted by Gasteiger charge is -2.26. The summed E-state index contributed by atoms with van der Waals surface area (Å²) in [6.45, 7) is 5.70. The Balaban J connectivity index is 3.00. The molecule has 1 unspecified atom stereocenters. The summed E-state index contributed by atoms with van der Waals surface area (Å²) in [5, 5.41) is 18.7. The normalized spacial score (nSPS) is 12.5. The third-order valence-corrected chi connectivity index (χ3v) is 3.24. The van der Waals surface area contributed by atoms with E-state index >= 15 is 0 Å². The molecule has 17 heavy (non-hydrogen) atoms. The summed E-state index contributed by atoms with van der Waals surface area (Å²) in [4.78, 5) is 2.17. The average Bonchev–Trinajstić information content (AvgIpc) is 2.31. The smallest absolute Gasteiger partial charge is 0.0782 e. The fourth-order valence-electron chi connectivity index (χ4n) is 1.86. The third kappa shape index (κ3) is 3.98. The summed E-state index contributed by atoms with van der Waals surface area (Å²) in [5.41, 5.74) is 1.96. The Hall–Kier alpha value is -0.580. The van der Waals surface area contributed by atoms with Gasteiger partial charge in [0, 0.05) is 35.4 Å². The lowest BCUT2D eigenvalue weighted by atomic mass is 10.1. The van der Waals surface area contributed by atoms with Gasteiger partial charge in [-0.1, -0.05) is 15.9 Å². The first-order valence-electron chi connectivity index (χ1n) is 5.93. The van der Waals surface area contributed by atoms with Crippen LogP contribution in [0.3, 0.4) is 0 Å². The monoisotopic (exact) mass is 301 g/mol. The van der Waals surface area contributed by atoms with Crippen LogP contribution in [0.5, 0.6) is 0 Å². The van der Waals surface area contributed by atoms with E-state index in [2.05, 4.69) is 27.8 Å². The van der Waals surface area contributed by atoms with Crippen LogP contribution in [0.4, 0.5) is 5.69 Å². The lowest BCUT2D eigenvalue weighted by molar-refractivity contribution is 0.199. The van der Waals surface area contributed by atoms with E-state index in [0.717, 1.165) is 35.2 Å². The number of hydrogen-bond acceptors (Lipinski definition) is 3. The molecular formula is C13H20BrNO2. The van der Waals surface area contributed by atoms with Gasteiger partial charge in [0.15, 0.2) is 0 Å². The minimum Gasteiger partial charge on any atom is -0.396 e. The van der Waals surface area contributed by atoms with Crippen LogP contribution in [0.2, 0.25) is 0 Å². The van der Waals surface area contributed by atoms with E-state index in [1.807, 2.05) is 18.2 Å². The number of benzene rings is 1. The molecule has 0 heterocycles. The number of nitrogens with zero attached hydrogens (tertiary/aromatic N) is 1. The van der Waals surface area contributed by atoms with Gasteiger partial charge in [0.1, 0.15) is 0 Å². The van der Waals surface area contributed by atoms with Crippen LogP contribution in [0.25, 0.3) is 0 Å². The van der Waals surface area contributed by atoms with E-state index < -0.39 is 6.10 Å². The van der Waals surface area contributed by atoms with Gasteiger partial charge < -0.3 is 15.1 Å². The van der Waals surface area contributed by atoms with Gasteiger partial charge in [-0.05, 0) is 38.5 Å². The Morgan fingerprint density at radius 3 is 2.65 bits per heavy atom. The maximum absolute atomic E-state index is 9.80. The highest BCUT2D eigenvalue weighted by atomic mass is 79.9. The van der Waals surface area contributed by atoms with E-state index in [9.17, 15) is 5.11 Å². The predicted molar refractivity (Wildman–Crippen MR) is 74.4 cm³/mol. The second kappa shape index (κ2) is 6.99. The van der Waals surface area contributed by atoms with Crippen LogP contribution in [0, 0.1) is 0 Å². The van der Waals surface area contributed by atoms with Crippen LogP contribution in [-0.4, -0.2) is 29.9 Å². The molecule has 0 aliphatic heterocycles. The van der Waals surface area contributed by atoms with Crippen molar-refractivity contribution in [2.24, 2.45) is 0 Å². The van der Waals surface area contributed by atoms with Crippen LogP contribution < -0.4 is 4.90 Å². The zero-order valence-electron chi connectivity index (χ0n) is 10.4. The molecule has 0 bridgehead atoms. The van der Waals surface area contributed by atoms with Crippen molar-refractivity contribution < 1.29 is 10.2 Å². The SMILES string of the molecule is CCN(CCCO)c1ccc(Br)cc1C(C)O. The molecule has 0 saturated heterocycles. The largest absolute Gasteiger partial charge is 0.396 e. The molecule has 0 saturated carbocycles. The van der Waals surface area contributed by atoms with Gasteiger partial charge in [-0.3, -0.25) is 0 Å². The number of aliphatic hydroxyl groups is 2. The van der Waals surface area contributed by atoms with Gasteiger partial charge in [0.25, 0.3) is 0 Å². The number of halogens is 1. The predicted octanol–water partition coefficient (Wildman–Crippen LogP) is 2.71. The van der Waals surface area contributed by atoms with Crippen molar-refractivity contribution in [3.05, 3.63) is 28.2 Å². The summed E-state index contributed by atoms with van der Waals surface area (Å²) in [5.74, 6) is 0. The topological polar surface area (TPSA) is 43.7 Å². The molecular weight excluding hydrogens is 282 g/mol. The first-order chi connectivity index (χ1) is 8.10. The van der Waals surface area contributed by atoms with Crippen molar-refractivity contribution in [3.8, 4) is 0 Å². The summed E-state index contributed by atoms with van der Waals surface area (Å²) in [6, 6.07) is 5.93. The second-order valence-corrected chi connectivity index (χ2v) is 4.95. The highest BCUT2D eigenvalue weighted by Crippen LogP contribution is 2.29. The molecule has 1 aromatic rings. The molecule has 2 N–H and O–H groups in total. The highest BCUT2D eigenvalue weighted by Gasteiger charge is 2.13. The van der Waals surface area contributed by atoms with Gasteiger partial charge in [-0.2, -0.15) is 0 Å². The van der Waals surface area contributed by atoms with Crippen LogP contribution in [0.15, 0.2) is 22.7 Å². The van der Waals surface area contributed by atoms with Gasteiger partial charge in [0.2, 0.25) is 0 Å². The Bertz CT molecular complexity index is 355. The van der Waals surface area contributed by atoms with Gasteiger partial charge in [-0.25, -0.2) is 0 Å².